The smallest absolute Gasteiger partial charge is 0.136 e. The highest BCUT2D eigenvalue weighted by molar-refractivity contribution is 5.87. The van der Waals surface area contributed by atoms with Gasteiger partial charge in [0, 0.05) is 17.1 Å². The van der Waals surface area contributed by atoms with Crippen LogP contribution in [0, 0.1) is 20.8 Å². The normalized spacial score (nSPS) is 11.0. The van der Waals surface area contributed by atoms with Gasteiger partial charge in [0.05, 0.1) is 0 Å². The Bertz CT molecular complexity index is 468. The first kappa shape index (κ1) is 8.17. The lowest BCUT2D eigenvalue weighted by Gasteiger charge is -1.98. The summed E-state index contributed by atoms with van der Waals surface area (Å²) >= 11 is 0. The molecule has 0 saturated carbocycles. The number of aryl methyl sites for hydroxylation is 3. The van der Waals surface area contributed by atoms with Crippen LogP contribution in [0.3, 0.4) is 0 Å². The van der Waals surface area contributed by atoms with Crippen molar-refractivity contribution in [1.29, 1.82) is 0 Å². The third-order valence-electron chi connectivity index (χ3n) is 2.49. The number of benzene rings is 1. The first-order chi connectivity index (χ1) is 6.09. The van der Waals surface area contributed by atoms with Crippen LogP contribution < -0.4 is 5.73 Å². The molecule has 0 unspecified atom stereocenters. The van der Waals surface area contributed by atoms with Gasteiger partial charge in [-0.1, -0.05) is 0 Å². The van der Waals surface area contributed by atoms with Crippen LogP contribution in [0.4, 0.5) is 5.69 Å². The minimum atomic E-state index is 0.763. The zero-order valence-corrected chi connectivity index (χ0v) is 8.14. The molecule has 0 fully saturated rings. The molecule has 0 saturated heterocycles. The lowest BCUT2D eigenvalue weighted by atomic mass is 10.1. The van der Waals surface area contributed by atoms with Crippen LogP contribution in [0.5, 0.6) is 0 Å². The predicted molar refractivity (Wildman–Crippen MR) is 54.8 cm³/mol. The molecule has 0 atom stereocenters. The summed E-state index contributed by atoms with van der Waals surface area (Å²) in [5.41, 5.74) is 9.78. The second-order valence-corrected chi connectivity index (χ2v) is 3.49. The van der Waals surface area contributed by atoms with Gasteiger partial charge in [0.15, 0.2) is 0 Å². The molecule has 1 aromatic heterocycles. The van der Waals surface area contributed by atoms with E-state index in [4.69, 9.17) is 10.2 Å². The Morgan fingerprint density at radius 3 is 2.54 bits per heavy atom. The highest BCUT2D eigenvalue weighted by Crippen LogP contribution is 2.29. The molecule has 1 aromatic carbocycles. The van der Waals surface area contributed by atoms with Gasteiger partial charge < -0.3 is 10.2 Å². The van der Waals surface area contributed by atoms with Gasteiger partial charge in [-0.15, -0.1) is 0 Å². The summed E-state index contributed by atoms with van der Waals surface area (Å²) in [6, 6.07) is 3.85. The molecule has 1 heterocycles. The van der Waals surface area contributed by atoms with Crippen molar-refractivity contribution in [1.82, 2.24) is 0 Å². The van der Waals surface area contributed by atoms with E-state index in [1.165, 1.54) is 16.5 Å². The van der Waals surface area contributed by atoms with Gasteiger partial charge in [-0.2, -0.15) is 0 Å². The monoisotopic (exact) mass is 175 g/mol. The van der Waals surface area contributed by atoms with Gasteiger partial charge in [-0.3, -0.25) is 0 Å². The summed E-state index contributed by atoms with van der Waals surface area (Å²) in [4.78, 5) is 0. The van der Waals surface area contributed by atoms with E-state index in [-0.39, 0.29) is 0 Å². The minimum Gasteiger partial charge on any atom is -0.461 e. The zero-order chi connectivity index (χ0) is 9.59. The van der Waals surface area contributed by atoms with Crippen molar-refractivity contribution in [2.24, 2.45) is 0 Å². The molecular weight excluding hydrogens is 162 g/mol. The molecular formula is C11H13NO. The molecule has 0 aliphatic carbocycles. The van der Waals surface area contributed by atoms with Crippen LogP contribution >= 0.6 is 0 Å². The van der Waals surface area contributed by atoms with E-state index >= 15 is 0 Å². The van der Waals surface area contributed by atoms with Gasteiger partial charge in [-0.25, -0.2) is 0 Å². The average molecular weight is 175 g/mol. The Hall–Kier alpha value is -1.44. The maximum atomic E-state index is 5.72. The molecule has 0 amide bonds. The van der Waals surface area contributed by atoms with Crippen LogP contribution in [0.15, 0.2) is 16.5 Å². The topological polar surface area (TPSA) is 39.2 Å². The van der Waals surface area contributed by atoms with Gasteiger partial charge in [-0.05, 0) is 38.0 Å². The van der Waals surface area contributed by atoms with E-state index < -0.39 is 0 Å². The Morgan fingerprint density at radius 1 is 1.15 bits per heavy atom. The fourth-order valence-corrected chi connectivity index (χ4v) is 1.76. The summed E-state index contributed by atoms with van der Waals surface area (Å²) in [5, 5.41) is 1.20. The summed E-state index contributed by atoms with van der Waals surface area (Å²) in [7, 11) is 0. The third kappa shape index (κ3) is 1.10. The molecule has 2 aromatic rings. The van der Waals surface area contributed by atoms with Crippen molar-refractivity contribution in [3.8, 4) is 0 Å². The molecule has 0 aliphatic rings. The van der Waals surface area contributed by atoms with Crippen LogP contribution in [0.2, 0.25) is 0 Å². The molecule has 2 heteroatoms. The number of fused-ring (bicyclic) bond motifs is 1. The van der Waals surface area contributed by atoms with Gasteiger partial charge in [0.25, 0.3) is 0 Å². The molecule has 0 spiro atoms. The summed E-state index contributed by atoms with van der Waals surface area (Å²) in [5.74, 6) is 0.976. The maximum Gasteiger partial charge on any atom is 0.136 e. The van der Waals surface area contributed by atoms with Crippen LogP contribution in [-0.2, 0) is 0 Å². The van der Waals surface area contributed by atoms with Crippen LogP contribution in [0.1, 0.15) is 16.9 Å². The number of nitrogen functional groups attached to an aromatic ring is 1. The minimum absolute atomic E-state index is 0.763. The summed E-state index contributed by atoms with van der Waals surface area (Å²) in [6.07, 6.45) is 0. The summed E-state index contributed by atoms with van der Waals surface area (Å²) in [6.45, 7) is 6.11. The Morgan fingerprint density at radius 2 is 1.85 bits per heavy atom. The molecule has 2 rings (SSSR count). The number of anilines is 1. The number of rotatable bonds is 0. The SMILES string of the molecule is Cc1oc2cc(N)cc(C)c2c1C. The van der Waals surface area contributed by atoms with Crippen molar-refractivity contribution < 1.29 is 4.42 Å². The fourth-order valence-electron chi connectivity index (χ4n) is 1.76. The lowest BCUT2D eigenvalue weighted by molar-refractivity contribution is 0.575. The van der Waals surface area contributed by atoms with Crippen LogP contribution in [0.25, 0.3) is 11.0 Å². The number of furan rings is 1. The number of nitrogens with two attached hydrogens (primary N) is 1. The van der Waals surface area contributed by atoms with Crippen molar-refractivity contribution >= 4 is 16.7 Å². The molecule has 0 bridgehead atoms. The molecule has 2 N–H and O–H groups in total. The van der Waals surface area contributed by atoms with E-state index in [1.54, 1.807) is 0 Å². The Kier molecular flexibility index (Phi) is 1.59. The lowest BCUT2D eigenvalue weighted by Crippen LogP contribution is -1.85. The Labute approximate surface area is 77.3 Å². The van der Waals surface area contributed by atoms with E-state index in [1.807, 2.05) is 19.1 Å². The standard InChI is InChI=1S/C11H13NO/c1-6-4-9(12)5-10-11(6)7(2)8(3)13-10/h4-5H,12H2,1-3H3. The third-order valence-corrected chi connectivity index (χ3v) is 2.49. The van der Waals surface area contributed by atoms with E-state index in [9.17, 15) is 0 Å². The zero-order valence-electron chi connectivity index (χ0n) is 8.14. The van der Waals surface area contributed by atoms with E-state index in [0.29, 0.717) is 0 Å². The fraction of sp³-hybridized carbons (Fsp3) is 0.273. The molecule has 13 heavy (non-hydrogen) atoms. The number of hydrogen-bond acceptors (Lipinski definition) is 2. The largest absolute Gasteiger partial charge is 0.461 e. The summed E-state index contributed by atoms with van der Waals surface area (Å²) < 4.78 is 5.58. The van der Waals surface area contributed by atoms with Crippen LogP contribution in [-0.4, -0.2) is 0 Å². The van der Waals surface area contributed by atoms with Gasteiger partial charge >= 0.3 is 0 Å². The predicted octanol–water partition coefficient (Wildman–Crippen LogP) is 2.94. The van der Waals surface area contributed by atoms with Crippen molar-refractivity contribution in [2.45, 2.75) is 20.8 Å². The first-order valence-corrected chi connectivity index (χ1v) is 4.35. The highest BCUT2D eigenvalue weighted by atomic mass is 16.3. The van der Waals surface area contributed by atoms with E-state index in [0.717, 1.165) is 17.0 Å². The van der Waals surface area contributed by atoms with Crippen molar-refractivity contribution in [3.63, 3.8) is 0 Å². The molecule has 0 aliphatic heterocycles. The van der Waals surface area contributed by atoms with Gasteiger partial charge in [0.2, 0.25) is 0 Å². The average Bonchev–Trinajstić information content (AvgIpc) is 2.27. The second-order valence-electron chi connectivity index (χ2n) is 3.49. The van der Waals surface area contributed by atoms with Crippen molar-refractivity contribution in [3.05, 3.63) is 29.0 Å². The highest BCUT2D eigenvalue weighted by Gasteiger charge is 2.09. The van der Waals surface area contributed by atoms with E-state index in [2.05, 4.69) is 13.8 Å². The van der Waals surface area contributed by atoms with Gasteiger partial charge in [0.1, 0.15) is 11.3 Å². The molecule has 2 nitrogen and oxygen atoms in total. The molecule has 68 valence electrons. The Balaban J connectivity index is 2.94. The molecule has 0 radical (unpaired) electrons. The first-order valence-electron chi connectivity index (χ1n) is 4.35. The second kappa shape index (κ2) is 2.52. The van der Waals surface area contributed by atoms with Crippen molar-refractivity contribution in [2.75, 3.05) is 5.73 Å². The quantitative estimate of drug-likeness (QED) is 0.625. The maximum absolute atomic E-state index is 5.72. The number of hydrogen-bond donors (Lipinski definition) is 1.